The molecule has 0 bridgehead atoms. The number of ether oxygens (including phenoxy) is 3. The predicted octanol–water partition coefficient (Wildman–Crippen LogP) is 3.50. The third-order valence-electron chi connectivity index (χ3n) is 5.61. The van der Waals surface area contributed by atoms with Gasteiger partial charge in [0.15, 0.2) is 11.5 Å². The number of hydrogen-bond acceptors (Lipinski definition) is 8. The number of carbonyl (C=O) groups is 2. The highest BCUT2D eigenvalue weighted by atomic mass is 32.2. The normalized spacial score (nSPS) is 11.3. The summed E-state index contributed by atoms with van der Waals surface area (Å²) in [5.41, 5.74) is 2.97. The third kappa shape index (κ3) is 6.58. The topological polar surface area (TPSA) is 132 Å². The van der Waals surface area contributed by atoms with Crippen molar-refractivity contribution >= 4 is 38.9 Å². The molecule has 0 unspecified atom stereocenters. The smallest absolute Gasteiger partial charge is 0.343 e. The highest BCUT2D eigenvalue weighted by Gasteiger charge is 2.17. The molecule has 0 aliphatic rings. The molecule has 200 valence electrons. The lowest BCUT2D eigenvalue weighted by molar-refractivity contribution is -0.119. The lowest BCUT2D eigenvalue weighted by atomic mass is 10.0. The first-order chi connectivity index (χ1) is 18.8. The fourth-order valence-electron chi connectivity index (χ4n) is 3.67. The molecule has 4 rings (SSSR count). The van der Waals surface area contributed by atoms with Gasteiger partial charge in [-0.1, -0.05) is 48.5 Å². The number of methoxy groups -OCH3 is 2. The fourth-order valence-corrected chi connectivity index (χ4v) is 4.67. The Balaban J connectivity index is 1.52. The molecule has 0 heterocycles. The minimum atomic E-state index is -3.85. The van der Waals surface area contributed by atoms with Crippen LogP contribution in [0.4, 0.5) is 0 Å². The van der Waals surface area contributed by atoms with Gasteiger partial charge < -0.3 is 14.2 Å². The van der Waals surface area contributed by atoms with E-state index in [1.165, 1.54) is 38.6 Å². The molecule has 0 saturated carbocycles. The van der Waals surface area contributed by atoms with Crippen LogP contribution in [0.2, 0.25) is 0 Å². The molecule has 0 fully saturated rings. The van der Waals surface area contributed by atoms with Gasteiger partial charge in [-0.2, -0.15) is 5.10 Å². The van der Waals surface area contributed by atoms with Crippen LogP contribution in [0.5, 0.6) is 17.2 Å². The number of nitrogens with one attached hydrogen (secondary N) is 2. The van der Waals surface area contributed by atoms with Crippen LogP contribution in [0.25, 0.3) is 10.8 Å². The molecule has 0 aliphatic heterocycles. The summed E-state index contributed by atoms with van der Waals surface area (Å²) in [5.74, 6) is -0.279. The van der Waals surface area contributed by atoms with Crippen LogP contribution in [0.15, 0.2) is 94.9 Å². The second kappa shape index (κ2) is 12.2. The van der Waals surface area contributed by atoms with Gasteiger partial charge in [-0.05, 0) is 47.2 Å². The van der Waals surface area contributed by atoms with E-state index in [0.717, 1.165) is 10.8 Å². The molecule has 0 spiro atoms. The maximum Gasteiger partial charge on any atom is 0.343 e. The van der Waals surface area contributed by atoms with Gasteiger partial charge in [0.2, 0.25) is 10.0 Å². The van der Waals surface area contributed by atoms with Gasteiger partial charge in [0.05, 0.1) is 37.4 Å². The molecular formula is C28H25N3O7S. The van der Waals surface area contributed by atoms with Crippen molar-refractivity contribution in [2.24, 2.45) is 5.10 Å². The summed E-state index contributed by atoms with van der Waals surface area (Å²) in [6.07, 6.45) is 1.34. The van der Waals surface area contributed by atoms with Crippen molar-refractivity contribution in [1.82, 2.24) is 10.1 Å². The SMILES string of the molecule is COc1ccc(C(=O)Oc2ccc3ccccc3c2/C=N/NC(=O)CNS(=O)(=O)c2ccccc2)cc1OC. The largest absolute Gasteiger partial charge is 0.493 e. The molecule has 11 heteroatoms. The minimum Gasteiger partial charge on any atom is -0.493 e. The van der Waals surface area contributed by atoms with Gasteiger partial charge in [0, 0.05) is 5.56 Å². The molecule has 4 aromatic rings. The summed E-state index contributed by atoms with van der Waals surface area (Å²) in [5, 5.41) is 5.54. The highest BCUT2D eigenvalue weighted by molar-refractivity contribution is 7.89. The zero-order valence-electron chi connectivity index (χ0n) is 21.1. The molecule has 2 N–H and O–H groups in total. The molecular weight excluding hydrogens is 522 g/mol. The molecule has 0 atom stereocenters. The van der Waals surface area contributed by atoms with Crippen molar-refractivity contribution in [1.29, 1.82) is 0 Å². The van der Waals surface area contributed by atoms with E-state index in [2.05, 4.69) is 15.2 Å². The van der Waals surface area contributed by atoms with Crippen LogP contribution in [0, 0.1) is 0 Å². The predicted molar refractivity (Wildman–Crippen MR) is 146 cm³/mol. The Hall–Kier alpha value is -4.74. The Kier molecular flexibility index (Phi) is 8.54. The van der Waals surface area contributed by atoms with E-state index >= 15 is 0 Å². The number of fused-ring (bicyclic) bond motifs is 1. The Labute approximate surface area is 225 Å². The summed E-state index contributed by atoms with van der Waals surface area (Å²) < 4.78 is 43.0. The summed E-state index contributed by atoms with van der Waals surface area (Å²) >= 11 is 0. The number of hydrogen-bond donors (Lipinski definition) is 2. The Bertz CT molecular complexity index is 1640. The van der Waals surface area contributed by atoms with Crippen LogP contribution < -0.4 is 24.4 Å². The van der Waals surface area contributed by atoms with Crippen molar-refractivity contribution in [3.05, 3.63) is 96.1 Å². The highest BCUT2D eigenvalue weighted by Crippen LogP contribution is 2.30. The second-order valence-corrected chi connectivity index (χ2v) is 9.86. The summed E-state index contributed by atoms with van der Waals surface area (Å²) in [7, 11) is -0.897. The van der Waals surface area contributed by atoms with Gasteiger partial charge in [-0.25, -0.2) is 23.4 Å². The standard InChI is InChI=1S/C28H25N3O7S/c1-36-25-15-13-20(16-26(25)37-2)28(33)38-24-14-12-19-8-6-7-11-22(19)23(24)17-29-31-27(32)18-30-39(34,35)21-9-4-3-5-10-21/h3-17,30H,18H2,1-2H3,(H,31,32)/b29-17+. The molecule has 0 aliphatic carbocycles. The maximum absolute atomic E-state index is 13.0. The van der Waals surface area contributed by atoms with E-state index in [4.69, 9.17) is 14.2 Å². The molecule has 10 nitrogen and oxygen atoms in total. The quantitative estimate of drug-likeness (QED) is 0.134. The minimum absolute atomic E-state index is 0.0398. The van der Waals surface area contributed by atoms with Crippen molar-refractivity contribution in [2.75, 3.05) is 20.8 Å². The summed E-state index contributed by atoms with van der Waals surface area (Å²) in [6, 6.07) is 23.1. The van der Waals surface area contributed by atoms with E-state index in [0.29, 0.717) is 17.1 Å². The van der Waals surface area contributed by atoms with E-state index in [1.54, 1.807) is 42.5 Å². The van der Waals surface area contributed by atoms with Crippen molar-refractivity contribution < 1.29 is 32.2 Å². The number of amides is 1. The number of nitrogens with zero attached hydrogens (tertiary/aromatic N) is 1. The van der Waals surface area contributed by atoms with E-state index in [-0.39, 0.29) is 16.2 Å². The fraction of sp³-hybridized carbons (Fsp3) is 0.107. The molecule has 1 amide bonds. The molecule has 0 aromatic heterocycles. The number of benzene rings is 4. The van der Waals surface area contributed by atoms with Crippen LogP contribution >= 0.6 is 0 Å². The van der Waals surface area contributed by atoms with Gasteiger partial charge >= 0.3 is 5.97 Å². The van der Waals surface area contributed by atoms with E-state index in [9.17, 15) is 18.0 Å². The lowest BCUT2D eigenvalue weighted by Crippen LogP contribution is -2.34. The van der Waals surface area contributed by atoms with Crippen molar-refractivity contribution in [3.63, 3.8) is 0 Å². The number of rotatable bonds is 10. The van der Waals surface area contributed by atoms with E-state index < -0.39 is 28.4 Å². The molecule has 0 radical (unpaired) electrons. The molecule has 4 aromatic carbocycles. The first-order valence-corrected chi connectivity index (χ1v) is 13.1. The van der Waals surface area contributed by atoms with Gasteiger partial charge in [0.1, 0.15) is 5.75 Å². The van der Waals surface area contributed by atoms with Crippen LogP contribution in [0.3, 0.4) is 0 Å². The van der Waals surface area contributed by atoms with Crippen molar-refractivity contribution in [3.8, 4) is 17.2 Å². The van der Waals surface area contributed by atoms with Gasteiger partial charge in [-0.15, -0.1) is 0 Å². The number of esters is 1. The van der Waals surface area contributed by atoms with E-state index in [1.807, 2.05) is 24.3 Å². The monoisotopic (exact) mass is 547 g/mol. The third-order valence-corrected chi connectivity index (χ3v) is 7.03. The summed E-state index contributed by atoms with van der Waals surface area (Å²) in [6.45, 7) is -0.523. The zero-order chi connectivity index (χ0) is 27.8. The number of hydrazone groups is 1. The van der Waals surface area contributed by atoms with Crippen LogP contribution in [0.1, 0.15) is 15.9 Å². The average molecular weight is 548 g/mol. The average Bonchev–Trinajstić information content (AvgIpc) is 2.97. The first kappa shape index (κ1) is 27.3. The van der Waals surface area contributed by atoms with Gasteiger partial charge in [0.25, 0.3) is 5.91 Å². The maximum atomic E-state index is 13.0. The number of carbonyl (C=O) groups excluding carboxylic acids is 2. The van der Waals surface area contributed by atoms with Crippen LogP contribution in [-0.4, -0.2) is 47.3 Å². The molecule has 39 heavy (non-hydrogen) atoms. The van der Waals surface area contributed by atoms with Gasteiger partial charge in [-0.3, -0.25) is 4.79 Å². The van der Waals surface area contributed by atoms with Crippen LogP contribution in [-0.2, 0) is 14.8 Å². The van der Waals surface area contributed by atoms with Crippen molar-refractivity contribution in [2.45, 2.75) is 4.90 Å². The Morgan fingerprint density at radius 1 is 0.846 bits per heavy atom. The Morgan fingerprint density at radius 2 is 1.54 bits per heavy atom. The second-order valence-electron chi connectivity index (χ2n) is 8.09. The Morgan fingerprint density at radius 3 is 2.28 bits per heavy atom. The molecule has 0 saturated heterocycles. The summed E-state index contributed by atoms with van der Waals surface area (Å²) in [4.78, 5) is 25.3. The first-order valence-electron chi connectivity index (χ1n) is 11.6. The lowest BCUT2D eigenvalue weighted by Gasteiger charge is -2.12. The number of sulfonamides is 1. The zero-order valence-corrected chi connectivity index (χ0v) is 21.9.